The van der Waals surface area contributed by atoms with Crippen LogP contribution in [0.3, 0.4) is 0 Å². The Hall–Kier alpha value is -1.87. The van der Waals surface area contributed by atoms with Gasteiger partial charge >= 0.3 is 5.97 Å². The van der Waals surface area contributed by atoms with Crippen LogP contribution in [0, 0.1) is 6.92 Å². The molecule has 0 aliphatic heterocycles. The Morgan fingerprint density at radius 3 is 2.65 bits per heavy atom. The molecule has 0 unspecified atom stereocenters. The number of allylic oxidation sites excluding steroid dienone is 1. The molecule has 1 heterocycles. The number of aliphatic carboxylic acids is 1. The maximum atomic E-state index is 10.7. The first-order chi connectivity index (χ1) is 9.58. The van der Waals surface area contributed by atoms with Gasteiger partial charge in [0.25, 0.3) is 0 Å². The Balaban J connectivity index is 2.09. The van der Waals surface area contributed by atoms with E-state index in [0.29, 0.717) is 5.57 Å². The molecule has 1 aromatic heterocycles. The summed E-state index contributed by atoms with van der Waals surface area (Å²) < 4.78 is 0. The molecule has 0 aliphatic carbocycles. The second kappa shape index (κ2) is 6.53. The summed E-state index contributed by atoms with van der Waals surface area (Å²) in [5.74, 6) is -0.836. The summed E-state index contributed by atoms with van der Waals surface area (Å²) in [6.45, 7) is 3.77. The quantitative estimate of drug-likeness (QED) is 0.810. The van der Waals surface area contributed by atoms with Crippen LogP contribution in [0.5, 0.6) is 0 Å². The van der Waals surface area contributed by atoms with E-state index in [9.17, 15) is 4.79 Å². The fourth-order valence-electron chi connectivity index (χ4n) is 2.09. The molecule has 2 rings (SSSR count). The Kier molecular flexibility index (Phi) is 4.74. The summed E-state index contributed by atoms with van der Waals surface area (Å²) in [6, 6.07) is 12.6. The lowest BCUT2D eigenvalue weighted by Gasteiger charge is -1.98. The van der Waals surface area contributed by atoms with Crippen molar-refractivity contribution in [2.45, 2.75) is 26.7 Å². The normalized spacial score (nSPS) is 11.6. The number of benzene rings is 1. The van der Waals surface area contributed by atoms with Gasteiger partial charge in [-0.15, -0.1) is 11.3 Å². The summed E-state index contributed by atoms with van der Waals surface area (Å²) >= 11 is 1.79. The average molecular weight is 286 g/mol. The summed E-state index contributed by atoms with van der Waals surface area (Å²) in [6.07, 6.45) is 3.45. The number of thiophene rings is 1. The Labute approximate surface area is 123 Å². The van der Waals surface area contributed by atoms with Crippen LogP contribution >= 0.6 is 11.3 Å². The van der Waals surface area contributed by atoms with Crippen LogP contribution in [0.2, 0.25) is 0 Å². The van der Waals surface area contributed by atoms with Crippen molar-refractivity contribution >= 4 is 17.3 Å². The smallest absolute Gasteiger partial charge is 0.330 e. The van der Waals surface area contributed by atoms with E-state index < -0.39 is 5.97 Å². The van der Waals surface area contributed by atoms with Crippen molar-refractivity contribution in [1.29, 1.82) is 0 Å². The van der Waals surface area contributed by atoms with Gasteiger partial charge in [-0.1, -0.05) is 36.4 Å². The van der Waals surface area contributed by atoms with Gasteiger partial charge in [0.05, 0.1) is 0 Å². The molecule has 1 N–H and O–H groups in total. The highest BCUT2D eigenvalue weighted by molar-refractivity contribution is 7.12. The molecule has 0 bridgehead atoms. The van der Waals surface area contributed by atoms with Gasteiger partial charge in [0.15, 0.2) is 0 Å². The summed E-state index contributed by atoms with van der Waals surface area (Å²) in [7, 11) is 0. The molecular weight excluding hydrogens is 268 g/mol. The van der Waals surface area contributed by atoms with Crippen molar-refractivity contribution in [1.82, 2.24) is 0 Å². The summed E-state index contributed by atoms with van der Waals surface area (Å²) in [5, 5.41) is 8.81. The third kappa shape index (κ3) is 3.58. The van der Waals surface area contributed by atoms with Crippen molar-refractivity contribution in [3.05, 3.63) is 57.8 Å². The predicted octanol–water partition coefficient (Wildman–Crippen LogP) is 4.69. The maximum Gasteiger partial charge on any atom is 0.330 e. The van der Waals surface area contributed by atoms with E-state index in [1.165, 1.54) is 20.9 Å². The standard InChI is InChI=1S/C17H18O2S/c1-12(17(18)19)7-6-10-15-11-16(13(2)20-15)14-8-4-3-5-9-14/h3-5,7-9,11H,6,10H2,1-2H3,(H,18,19). The minimum Gasteiger partial charge on any atom is -0.478 e. The van der Waals surface area contributed by atoms with E-state index in [-0.39, 0.29) is 0 Å². The van der Waals surface area contributed by atoms with Crippen molar-refractivity contribution < 1.29 is 9.90 Å². The molecule has 0 spiro atoms. The average Bonchev–Trinajstić information content (AvgIpc) is 2.80. The summed E-state index contributed by atoms with van der Waals surface area (Å²) in [5.41, 5.74) is 2.94. The minimum absolute atomic E-state index is 0.418. The third-order valence-electron chi connectivity index (χ3n) is 3.23. The van der Waals surface area contributed by atoms with Gasteiger partial charge in [0, 0.05) is 15.3 Å². The number of carboxylic acids is 1. The van der Waals surface area contributed by atoms with Gasteiger partial charge in [-0.2, -0.15) is 0 Å². The Bertz CT molecular complexity index is 624. The topological polar surface area (TPSA) is 37.3 Å². The van der Waals surface area contributed by atoms with Crippen molar-refractivity contribution in [3.63, 3.8) is 0 Å². The largest absolute Gasteiger partial charge is 0.478 e. The lowest BCUT2D eigenvalue weighted by Crippen LogP contribution is -1.95. The number of aryl methyl sites for hydroxylation is 2. The fourth-order valence-corrected chi connectivity index (χ4v) is 3.17. The number of rotatable bonds is 5. The van der Waals surface area contributed by atoms with Crippen LogP contribution in [0.1, 0.15) is 23.1 Å². The van der Waals surface area contributed by atoms with Crippen LogP contribution in [0.25, 0.3) is 11.1 Å². The molecule has 3 heteroatoms. The molecule has 2 nitrogen and oxygen atoms in total. The summed E-state index contributed by atoms with van der Waals surface area (Å²) in [4.78, 5) is 13.3. The Morgan fingerprint density at radius 2 is 2.00 bits per heavy atom. The van der Waals surface area contributed by atoms with Crippen LogP contribution in [0.15, 0.2) is 48.0 Å². The molecule has 1 aromatic carbocycles. The molecule has 2 aromatic rings. The molecule has 0 saturated carbocycles. The zero-order valence-corrected chi connectivity index (χ0v) is 12.5. The zero-order chi connectivity index (χ0) is 14.5. The van der Waals surface area contributed by atoms with Gasteiger partial charge in [-0.3, -0.25) is 0 Å². The minimum atomic E-state index is -0.836. The van der Waals surface area contributed by atoms with E-state index in [1.54, 1.807) is 24.3 Å². The predicted molar refractivity (Wildman–Crippen MR) is 84.2 cm³/mol. The molecule has 20 heavy (non-hydrogen) atoms. The van der Waals surface area contributed by atoms with Crippen molar-refractivity contribution in [2.75, 3.05) is 0 Å². The zero-order valence-electron chi connectivity index (χ0n) is 11.7. The lowest BCUT2D eigenvalue weighted by molar-refractivity contribution is -0.132. The highest BCUT2D eigenvalue weighted by Crippen LogP contribution is 2.31. The van der Waals surface area contributed by atoms with Crippen LogP contribution in [0.4, 0.5) is 0 Å². The molecule has 0 radical (unpaired) electrons. The molecule has 0 fully saturated rings. The molecule has 0 saturated heterocycles. The maximum absolute atomic E-state index is 10.7. The van der Waals surface area contributed by atoms with Gasteiger partial charge in [-0.05, 0) is 43.9 Å². The SMILES string of the molecule is CC(=CCCc1cc(-c2ccccc2)c(C)s1)C(=O)O. The van der Waals surface area contributed by atoms with Crippen LogP contribution in [-0.4, -0.2) is 11.1 Å². The van der Waals surface area contributed by atoms with E-state index in [4.69, 9.17) is 5.11 Å². The number of hydrogen-bond donors (Lipinski definition) is 1. The monoisotopic (exact) mass is 286 g/mol. The molecular formula is C17H18O2S. The highest BCUT2D eigenvalue weighted by Gasteiger charge is 2.07. The van der Waals surface area contributed by atoms with Crippen molar-refractivity contribution in [2.24, 2.45) is 0 Å². The van der Waals surface area contributed by atoms with E-state index in [2.05, 4.69) is 25.1 Å². The van der Waals surface area contributed by atoms with E-state index in [0.717, 1.165) is 12.8 Å². The second-order valence-electron chi connectivity index (χ2n) is 4.78. The first-order valence-electron chi connectivity index (χ1n) is 6.62. The second-order valence-corrected chi connectivity index (χ2v) is 6.12. The molecule has 0 atom stereocenters. The first-order valence-corrected chi connectivity index (χ1v) is 7.44. The molecule has 0 aliphatic rings. The molecule has 104 valence electrons. The van der Waals surface area contributed by atoms with Gasteiger partial charge < -0.3 is 5.11 Å². The van der Waals surface area contributed by atoms with Crippen LogP contribution in [-0.2, 0) is 11.2 Å². The van der Waals surface area contributed by atoms with Gasteiger partial charge in [0.1, 0.15) is 0 Å². The third-order valence-corrected chi connectivity index (χ3v) is 4.34. The number of hydrogen-bond acceptors (Lipinski definition) is 2. The number of carboxylic acid groups (broad SMARTS) is 1. The van der Waals surface area contributed by atoms with Crippen LogP contribution < -0.4 is 0 Å². The molecule has 0 amide bonds. The highest BCUT2D eigenvalue weighted by atomic mass is 32.1. The van der Waals surface area contributed by atoms with Crippen molar-refractivity contribution in [3.8, 4) is 11.1 Å². The first kappa shape index (κ1) is 14.5. The fraction of sp³-hybridized carbons (Fsp3) is 0.235. The lowest BCUT2D eigenvalue weighted by atomic mass is 10.1. The van der Waals surface area contributed by atoms with E-state index >= 15 is 0 Å². The Morgan fingerprint density at radius 1 is 1.30 bits per heavy atom. The van der Waals surface area contributed by atoms with Gasteiger partial charge in [-0.25, -0.2) is 4.79 Å². The van der Waals surface area contributed by atoms with Gasteiger partial charge in [0.2, 0.25) is 0 Å². The number of carbonyl (C=O) groups is 1. The van der Waals surface area contributed by atoms with E-state index in [1.807, 2.05) is 18.2 Å².